The Labute approximate surface area is 142 Å². The van der Waals surface area contributed by atoms with Gasteiger partial charge in [0.25, 0.3) is 0 Å². The number of ether oxygens (including phenoxy) is 1. The summed E-state index contributed by atoms with van der Waals surface area (Å²) < 4.78 is 9.11. The Hall–Kier alpha value is -1.11. The van der Waals surface area contributed by atoms with Crippen molar-refractivity contribution in [3.05, 3.63) is 49.2 Å². The molecule has 6 heteroatoms. The van der Waals surface area contributed by atoms with Crippen molar-refractivity contribution in [2.75, 3.05) is 7.11 Å². The van der Waals surface area contributed by atoms with E-state index in [1.54, 1.807) is 7.11 Å². The molecule has 0 aliphatic heterocycles. The van der Waals surface area contributed by atoms with Crippen molar-refractivity contribution in [3.63, 3.8) is 0 Å². The largest absolute Gasteiger partial charge is 0.496 e. The number of thiophene rings is 1. The second-order valence-electron chi connectivity index (χ2n) is 4.58. The van der Waals surface area contributed by atoms with E-state index in [9.17, 15) is 4.79 Å². The second-order valence-corrected chi connectivity index (χ2v) is 8.32. The molecule has 0 N–H and O–H groups in total. The molecule has 0 saturated carbocycles. The van der Waals surface area contributed by atoms with Crippen molar-refractivity contribution in [2.24, 2.45) is 7.05 Å². The van der Waals surface area contributed by atoms with Crippen LogP contribution in [0.4, 0.5) is 0 Å². The third-order valence-electron chi connectivity index (χ3n) is 3.34. The lowest BCUT2D eigenvalue weighted by molar-refractivity contribution is 0.103. The van der Waals surface area contributed by atoms with Crippen LogP contribution in [-0.4, -0.2) is 17.5 Å². The summed E-state index contributed by atoms with van der Waals surface area (Å²) in [6.45, 7) is 0. The van der Waals surface area contributed by atoms with Crippen LogP contribution in [-0.2, 0) is 7.05 Å². The maximum atomic E-state index is 12.9. The topological polar surface area (TPSA) is 31.2 Å². The summed E-state index contributed by atoms with van der Waals surface area (Å²) in [6, 6.07) is 7.61. The predicted molar refractivity (Wildman–Crippen MR) is 92.6 cm³/mol. The molecule has 0 bridgehead atoms. The fourth-order valence-electron chi connectivity index (χ4n) is 2.39. The zero-order valence-corrected chi connectivity index (χ0v) is 15.3. The van der Waals surface area contributed by atoms with Crippen molar-refractivity contribution in [1.29, 1.82) is 0 Å². The quantitative estimate of drug-likeness (QED) is 0.549. The summed E-state index contributed by atoms with van der Waals surface area (Å²) in [4.78, 5) is 12.9. The van der Waals surface area contributed by atoms with Crippen molar-refractivity contribution in [1.82, 2.24) is 4.57 Å². The highest BCUT2D eigenvalue weighted by atomic mass is 79.9. The Morgan fingerprint density at radius 2 is 2.05 bits per heavy atom. The van der Waals surface area contributed by atoms with Crippen molar-refractivity contribution >= 4 is 59.9 Å². The van der Waals surface area contributed by atoms with Crippen LogP contribution in [0.15, 0.2) is 38.0 Å². The first-order chi connectivity index (χ1) is 10.0. The number of carbonyl (C=O) groups is 1. The van der Waals surface area contributed by atoms with Gasteiger partial charge in [0, 0.05) is 18.8 Å². The SMILES string of the molecule is COc1cccc2c1c(C(=O)c1cc(Br)sc1Br)cn2C. The van der Waals surface area contributed by atoms with Crippen LogP contribution in [0.1, 0.15) is 15.9 Å². The molecule has 0 spiro atoms. The number of methoxy groups -OCH3 is 1. The Bertz CT molecular complexity index is 851. The number of benzene rings is 1. The maximum Gasteiger partial charge on any atom is 0.197 e. The maximum absolute atomic E-state index is 12.9. The molecule has 0 radical (unpaired) electrons. The minimum Gasteiger partial charge on any atom is -0.496 e. The van der Waals surface area contributed by atoms with Gasteiger partial charge in [-0.3, -0.25) is 4.79 Å². The van der Waals surface area contributed by atoms with Gasteiger partial charge in [0.05, 0.1) is 31.1 Å². The normalized spacial score (nSPS) is 11.0. The third kappa shape index (κ3) is 2.45. The predicted octanol–water partition coefficient (Wildman–Crippen LogP) is 5.00. The molecule has 3 nitrogen and oxygen atoms in total. The number of aryl methyl sites for hydroxylation is 1. The van der Waals surface area contributed by atoms with Crippen LogP contribution >= 0.6 is 43.2 Å². The van der Waals surface area contributed by atoms with Gasteiger partial charge in [-0.1, -0.05) is 6.07 Å². The number of rotatable bonds is 3. The minimum absolute atomic E-state index is 0.0149. The standard InChI is InChI=1S/C15H11Br2NO2S/c1-18-7-9(13-10(18)4-3-5-11(13)20-2)14(19)8-6-12(16)21-15(8)17/h3-7H,1-2H3. The van der Waals surface area contributed by atoms with Gasteiger partial charge in [-0.15, -0.1) is 11.3 Å². The van der Waals surface area contributed by atoms with Gasteiger partial charge < -0.3 is 9.30 Å². The summed E-state index contributed by atoms with van der Waals surface area (Å²) >= 11 is 8.35. The zero-order valence-electron chi connectivity index (χ0n) is 11.3. The van der Waals surface area contributed by atoms with Crippen LogP contribution in [0.5, 0.6) is 5.75 Å². The zero-order chi connectivity index (χ0) is 15.1. The van der Waals surface area contributed by atoms with E-state index in [4.69, 9.17) is 4.74 Å². The first kappa shape index (κ1) is 14.8. The number of hydrogen-bond donors (Lipinski definition) is 0. The smallest absolute Gasteiger partial charge is 0.197 e. The third-order valence-corrected chi connectivity index (χ3v) is 5.68. The molecule has 0 atom stereocenters. The molecular formula is C15H11Br2NO2S. The molecule has 0 aliphatic carbocycles. The Kier molecular flexibility index (Phi) is 3.94. The first-order valence-corrected chi connectivity index (χ1v) is 8.54. The second kappa shape index (κ2) is 5.59. The molecular weight excluding hydrogens is 418 g/mol. The molecule has 1 aromatic carbocycles. The lowest BCUT2D eigenvalue weighted by atomic mass is 10.0. The van der Waals surface area contributed by atoms with Crippen molar-refractivity contribution < 1.29 is 9.53 Å². The first-order valence-electron chi connectivity index (χ1n) is 6.14. The summed E-state index contributed by atoms with van der Waals surface area (Å²) in [5.41, 5.74) is 2.28. The van der Waals surface area contributed by atoms with Crippen LogP contribution in [0.2, 0.25) is 0 Å². The Morgan fingerprint density at radius 3 is 2.67 bits per heavy atom. The molecule has 0 saturated heterocycles. The summed E-state index contributed by atoms with van der Waals surface area (Å²) in [5, 5.41) is 0.849. The molecule has 0 amide bonds. The van der Waals surface area contributed by atoms with E-state index < -0.39 is 0 Å². The van der Waals surface area contributed by atoms with Crippen LogP contribution in [0.3, 0.4) is 0 Å². The fourth-order valence-corrected chi connectivity index (χ4v) is 5.19. The van der Waals surface area contributed by atoms with Gasteiger partial charge in [0.15, 0.2) is 5.78 Å². The number of halogens is 2. The highest BCUT2D eigenvalue weighted by molar-refractivity contribution is 9.12. The van der Waals surface area contributed by atoms with Gasteiger partial charge in [0.2, 0.25) is 0 Å². The Morgan fingerprint density at radius 1 is 1.29 bits per heavy atom. The van der Waals surface area contributed by atoms with E-state index >= 15 is 0 Å². The Balaban J connectivity index is 2.25. The average Bonchev–Trinajstić information content (AvgIpc) is 2.98. The highest BCUT2D eigenvalue weighted by Crippen LogP contribution is 2.36. The molecule has 0 fully saturated rings. The van der Waals surface area contributed by atoms with Crippen LogP contribution in [0.25, 0.3) is 10.9 Å². The summed E-state index contributed by atoms with van der Waals surface area (Å²) in [7, 11) is 3.55. The van der Waals surface area contributed by atoms with E-state index in [0.29, 0.717) is 16.9 Å². The molecule has 0 unspecified atom stereocenters. The molecule has 2 heterocycles. The van der Waals surface area contributed by atoms with E-state index in [-0.39, 0.29) is 5.78 Å². The molecule has 0 aliphatic rings. The van der Waals surface area contributed by atoms with E-state index in [0.717, 1.165) is 18.5 Å². The lowest BCUT2D eigenvalue weighted by Gasteiger charge is -2.04. The summed E-state index contributed by atoms with van der Waals surface area (Å²) in [6.07, 6.45) is 1.85. The molecule has 2 aromatic heterocycles. The van der Waals surface area contributed by atoms with E-state index in [2.05, 4.69) is 31.9 Å². The summed E-state index contributed by atoms with van der Waals surface area (Å²) in [5.74, 6) is 0.695. The molecule has 108 valence electrons. The lowest BCUT2D eigenvalue weighted by Crippen LogP contribution is -2.00. The number of fused-ring (bicyclic) bond motifs is 1. The van der Waals surface area contributed by atoms with Crippen molar-refractivity contribution in [3.8, 4) is 5.75 Å². The van der Waals surface area contributed by atoms with Gasteiger partial charge in [-0.05, 0) is 50.1 Å². The monoisotopic (exact) mass is 427 g/mol. The minimum atomic E-state index is -0.0149. The number of nitrogens with zero attached hydrogens (tertiary/aromatic N) is 1. The van der Waals surface area contributed by atoms with E-state index in [1.807, 2.05) is 42.1 Å². The van der Waals surface area contributed by atoms with Gasteiger partial charge >= 0.3 is 0 Å². The number of carbonyl (C=O) groups excluding carboxylic acids is 1. The van der Waals surface area contributed by atoms with Gasteiger partial charge in [-0.25, -0.2) is 0 Å². The highest BCUT2D eigenvalue weighted by Gasteiger charge is 2.22. The average molecular weight is 429 g/mol. The molecule has 3 aromatic rings. The van der Waals surface area contributed by atoms with Crippen LogP contribution in [0, 0.1) is 0 Å². The van der Waals surface area contributed by atoms with Gasteiger partial charge in [-0.2, -0.15) is 0 Å². The molecule has 21 heavy (non-hydrogen) atoms. The number of hydrogen-bond acceptors (Lipinski definition) is 3. The molecule has 3 rings (SSSR count). The number of ketones is 1. The van der Waals surface area contributed by atoms with Crippen LogP contribution < -0.4 is 4.74 Å². The number of aromatic nitrogens is 1. The van der Waals surface area contributed by atoms with Gasteiger partial charge in [0.1, 0.15) is 5.75 Å². The van der Waals surface area contributed by atoms with Crippen molar-refractivity contribution in [2.45, 2.75) is 0 Å². The fraction of sp³-hybridized carbons (Fsp3) is 0.133. The van der Waals surface area contributed by atoms with E-state index in [1.165, 1.54) is 11.3 Å².